The number of methoxy groups -OCH3 is 1. The Balaban J connectivity index is 1.81. The van der Waals surface area contributed by atoms with Gasteiger partial charge in [0.15, 0.2) is 0 Å². The Hall–Kier alpha value is -3.15. The number of halogens is 3. The van der Waals surface area contributed by atoms with E-state index in [9.17, 15) is 13.2 Å². The van der Waals surface area contributed by atoms with Crippen molar-refractivity contribution in [3.05, 3.63) is 77.4 Å². The van der Waals surface area contributed by atoms with E-state index in [1.165, 1.54) is 19.2 Å². The van der Waals surface area contributed by atoms with E-state index in [0.717, 1.165) is 24.3 Å². The summed E-state index contributed by atoms with van der Waals surface area (Å²) in [5, 5.41) is 0. The summed E-state index contributed by atoms with van der Waals surface area (Å²) in [5.41, 5.74) is 2.99. The zero-order valence-electron chi connectivity index (χ0n) is 18.4. The fraction of sp³-hybridized carbons (Fsp3) is 0.308. The van der Waals surface area contributed by atoms with Crippen LogP contribution in [-0.2, 0) is 12.6 Å². The van der Waals surface area contributed by atoms with Gasteiger partial charge in [-0.2, -0.15) is 13.2 Å². The monoisotopic (exact) mass is 441 g/mol. The van der Waals surface area contributed by atoms with Crippen molar-refractivity contribution in [3.63, 3.8) is 0 Å². The standard InChI is InChI=1S/C26H26F3NO2/c1-4-30(5-2)23-12-7-6-11-21(23)24-15-18-13-19(26(27,28)29)16-22(25(18)32-24)17-9-8-10-20(14-17)31-3/h6-14,16,24H,4-5,15H2,1-3H3. The van der Waals surface area contributed by atoms with Gasteiger partial charge in [-0.05, 0) is 55.3 Å². The van der Waals surface area contributed by atoms with Crippen LogP contribution in [0.1, 0.15) is 36.6 Å². The van der Waals surface area contributed by atoms with Crippen LogP contribution in [0.2, 0.25) is 0 Å². The van der Waals surface area contributed by atoms with Crippen LogP contribution in [0.5, 0.6) is 11.5 Å². The highest BCUT2D eigenvalue weighted by Gasteiger charge is 2.36. The maximum absolute atomic E-state index is 13.7. The van der Waals surface area contributed by atoms with Crippen LogP contribution in [0.3, 0.4) is 0 Å². The summed E-state index contributed by atoms with van der Waals surface area (Å²) in [5.74, 6) is 1.08. The molecular weight excluding hydrogens is 415 g/mol. The molecule has 1 unspecified atom stereocenters. The first-order valence-corrected chi connectivity index (χ1v) is 10.7. The van der Waals surface area contributed by atoms with Crippen LogP contribution in [0.4, 0.5) is 18.9 Å². The molecule has 0 fully saturated rings. The maximum Gasteiger partial charge on any atom is 0.416 e. The van der Waals surface area contributed by atoms with E-state index in [4.69, 9.17) is 9.47 Å². The molecular formula is C26H26F3NO2. The summed E-state index contributed by atoms with van der Waals surface area (Å²) in [6.07, 6.45) is -4.41. The zero-order chi connectivity index (χ0) is 22.9. The topological polar surface area (TPSA) is 21.7 Å². The van der Waals surface area contributed by atoms with E-state index in [1.807, 2.05) is 24.3 Å². The Morgan fingerprint density at radius 2 is 1.75 bits per heavy atom. The second-order valence-corrected chi connectivity index (χ2v) is 7.78. The fourth-order valence-electron chi connectivity index (χ4n) is 4.32. The number of rotatable bonds is 6. The Morgan fingerprint density at radius 1 is 1.00 bits per heavy atom. The lowest BCUT2D eigenvalue weighted by Gasteiger charge is -2.26. The molecule has 32 heavy (non-hydrogen) atoms. The molecule has 0 amide bonds. The highest BCUT2D eigenvalue weighted by molar-refractivity contribution is 5.75. The molecule has 1 atom stereocenters. The van der Waals surface area contributed by atoms with Gasteiger partial charge in [0.25, 0.3) is 0 Å². The molecule has 4 rings (SSSR count). The van der Waals surface area contributed by atoms with Gasteiger partial charge < -0.3 is 14.4 Å². The summed E-state index contributed by atoms with van der Waals surface area (Å²) < 4.78 is 52.8. The third-order valence-electron chi connectivity index (χ3n) is 5.93. The van der Waals surface area contributed by atoms with E-state index in [-0.39, 0.29) is 6.10 Å². The minimum Gasteiger partial charge on any atom is -0.497 e. The molecule has 6 heteroatoms. The van der Waals surface area contributed by atoms with Crippen molar-refractivity contribution < 1.29 is 22.6 Å². The minimum absolute atomic E-state index is 0.352. The normalized spacial score (nSPS) is 15.2. The number of alkyl halides is 3. The van der Waals surface area contributed by atoms with Crippen molar-refractivity contribution in [2.75, 3.05) is 25.1 Å². The summed E-state index contributed by atoms with van der Waals surface area (Å²) in [6.45, 7) is 5.84. The number of fused-ring (bicyclic) bond motifs is 1. The van der Waals surface area contributed by atoms with Crippen LogP contribution in [0.15, 0.2) is 60.7 Å². The summed E-state index contributed by atoms with van der Waals surface area (Å²) >= 11 is 0. The molecule has 3 aromatic rings. The van der Waals surface area contributed by atoms with Crippen LogP contribution < -0.4 is 14.4 Å². The molecule has 0 radical (unpaired) electrons. The number of anilines is 1. The molecule has 0 bridgehead atoms. The number of hydrogen-bond donors (Lipinski definition) is 0. The Kier molecular flexibility index (Phi) is 6.04. The van der Waals surface area contributed by atoms with Gasteiger partial charge in [0.1, 0.15) is 17.6 Å². The molecule has 1 heterocycles. The van der Waals surface area contributed by atoms with Crippen molar-refractivity contribution >= 4 is 5.69 Å². The molecule has 1 aliphatic rings. The molecule has 0 aromatic heterocycles. The molecule has 0 saturated heterocycles. The van der Waals surface area contributed by atoms with Gasteiger partial charge in [0, 0.05) is 36.3 Å². The van der Waals surface area contributed by atoms with Crippen molar-refractivity contribution in [2.45, 2.75) is 32.5 Å². The first-order valence-electron chi connectivity index (χ1n) is 10.7. The average molecular weight is 441 g/mol. The third kappa shape index (κ3) is 4.14. The van der Waals surface area contributed by atoms with Crippen molar-refractivity contribution in [2.24, 2.45) is 0 Å². The van der Waals surface area contributed by atoms with E-state index in [0.29, 0.717) is 34.6 Å². The highest BCUT2D eigenvalue weighted by atomic mass is 19.4. The molecule has 0 aliphatic carbocycles. The third-order valence-corrected chi connectivity index (χ3v) is 5.93. The molecule has 3 aromatic carbocycles. The van der Waals surface area contributed by atoms with Crippen molar-refractivity contribution in [3.8, 4) is 22.6 Å². The van der Waals surface area contributed by atoms with Crippen LogP contribution in [-0.4, -0.2) is 20.2 Å². The second kappa shape index (κ2) is 8.77. The minimum atomic E-state index is -4.44. The molecule has 0 spiro atoms. The number of para-hydroxylation sites is 1. The summed E-state index contributed by atoms with van der Waals surface area (Å²) in [7, 11) is 1.53. The number of ether oxygens (including phenoxy) is 2. The first-order chi connectivity index (χ1) is 15.4. The Morgan fingerprint density at radius 3 is 2.44 bits per heavy atom. The second-order valence-electron chi connectivity index (χ2n) is 7.78. The van der Waals surface area contributed by atoms with E-state index < -0.39 is 11.7 Å². The molecule has 3 nitrogen and oxygen atoms in total. The van der Waals surface area contributed by atoms with Gasteiger partial charge in [-0.1, -0.05) is 30.3 Å². The predicted molar refractivity (Wildman–Crippen MR) is 121 cm³/mol. The van der Waals surface area contributed by atoms with Crippen LogP contribution in [0, 0.1) is 0 Å². The smallest absolute Gasteiger partial charge is 0.416 e. The van der Waals surface area contributed by atoms with Crippen molar-refractivity contribution in [1.82, 2.24) is 0 Å². The van der Waals surface area contributed by atoms with Crippen molar-refractivity contribution in [1.29, 1.82) is 0 Å². The lowest BCUT2D eigenvalue weighted by atomic mass is 9.95. The number of benzene rings is 3. The Labute approximate surface area is 186 Å². The van der Waals surface area contributed by atoms with Gasteiger partial charge in [0.2, 0.25) is 0 Å². The number of hydrogen-bond acceptors (Lipinski definition) is 3. The quantitative estimate of drug-likeness (QED) is 0.415. The SMILES string of the molecule is CCN(CC)c1ccccc1C1Cc2cc(C(F)(F)F)cc(-c3cccc(OC)c3)c2O1. The summed E-state index contributed by atoms with van der Waals surface area (Å²) in [4.78, 5) is 2.23. The fourth-order valence-corrected chi connectivity index (χ4v) is 4.32. The summed E-state index contributed by atoms with van der Waals surface area (Å²) in [6, 6.07) is 17.4. The number of nitrogens with zero attached hydrogens (tertiary/aromatic N) is 1. The highest BCUT2D eigenvalue weighted by Crippen LogP contribution is 2.48. The lowest BCUT2D eigenvalue weighted by Crippen LogP contribution is -2.24. The lowest BCUT2D eigenvalue weighted by molar-refractivity contribution is -0.137. The first kappa shape index (κ1) is 22.1. The van der Waals surface area contributed by atoms with Gasteiger partial charge in [-0.25, -0.2) is 0 Å². The van der Waals surface area contributed by atoms with Gasteiger partial charge in [-0.3, -0.25) is 0 Å². The molecule has 1 aliphatic heterocycles. The predicted octanol–water partition coefficient (Wildman–Crippen LogP) is 6.90. The average Bonchev–Trinajstić information content (AvgIpc) is 3.23. The van der Waals surface area contributed by atoms with Crippen LogP contribution >= 0.6 is 0 Å². The van der Waals surface area contributed by atoms with Gasteiger partial charge in [-0.15, -0.1) is 0 Å². The largest absolute Gasteiger partial charge is 0.497 e. The van der Waals surface area contributed by atoms with Gasteiger partial charge in [0.05, 0.1) is 12.7 Å². The maximum atomic E-state index is 13.7. The van der Waals surface area contributed by atoms with Gasteiger partial charge >= 0.3 is 6.18 Å². The van der Waals surface area contributed by atoms with Crippen LogP contribution in [0.25, 0.3) is 11.1 Å². The molecule has 0 N–H and O–H groups in total. The molecule has 168 valence electrons. The Bertz CT molecular complexity index is 1110. The molecule has 0 saturated carbocycles. The van der Waals surface area contributed by atoms with E-state index in [2.05, 4.69) is 18.7 Å². The van der Waals surface area contributed by atoms with E-state index in [1.54, 1.807) is 24.3 Å². The zero-order valence-corrected chi connectivity index (χ0v) is 18.4. The van der Waals surface area contributed by atoms with E-state index >= 15 is 0 Å².